The predicted octanol–water partition coefficient (Wildman–Crippen LogP) is -0.438. The van der Waals surface area contributed by atoms with Crippen LogP contribution in [-0.2, 0) is 19.2 Å². The molecule has 0 saturated carbocycles. The summed E-state index contributed by atoms with van der Waals surface area (Å²) in [7, 11) is 0. The van der Waals surface area contributed by atoms with E-state index in [0.717, 1.165) is 4.90 Å². The van der Waals surface area contributed by atoms with Gasteiger partial charge in [-0.25, -0.2) is 4.79 Å². The summed E-state index contributed by atoms with van der Waals surface area (Å²) in [6.45, 7) is -0.887. The van der Waals surface area contributed by atoms with Crippen LogP contribution in [0.25, 0.3) is 0 Å². The summed E-state index contributed by atoms with van der Waals surface area (Å²) in [5.41, 5.74) is 12.3. The van der Waals surface area contributed by atoms with Crippen LogP contribution >= 0.6 is 0 Å². The average molecular weight is 665 g/mol. The van der Waals surface area contributed by atoms with Crippen molar-refractivity contribution in [3.63, 3.8) is 0 Å². The number of nitrogen functional groups attached to an aromatic ring is 2. The Morgan fingerprint density at radius 1 is 0.809 bits per heavy atom. The predicted molar refractivity (Wildman–Crippen MR) is 158 cm³/mol. The van der Waals surface area contributed by atoms with Crippen LogP contribution in [0.3, 0.4) is 0 Å². The number of aliphatic carboxylic acids is 2. The van der Waals surface area contributed by atoms with Crippen molar-refractivity contribution in [3.05, 3.63) is 70.8 Å². The summed E-state index contributed by atoms with van der Waals surface area (Å²) >= 11 is 0. The van der Waals surface area contributed by atoms with E-state index in [1.54, 1.807) is 0 Å². The zero-order chi connectivity index (χ0) is 35.5. The van der Waals surface area contributed by atoms with Crippen molar-refractivity contribution in [1.29, 1.82) is 10.8 Å². The number of nitrogens with zero attached hydrogens (tertiary/aromatic N) is 2. The van der Waals surface area contributed by atoms with E-state index >= 15 is 0 Å². The number of carbonyl (C=O) groups is 6. The molecule has 0 unspecified atom stereocenters. The highest BCUT2D eigenvalue weighted by Gasteiger charge is 2.39. The number of hydrogen-bond acceptors (Lipinski definition) is 8. The lowest BCUT2D eigenvalue weighted by molar-refractivity contribution is -0.192. The fraction of sp³-hybridized carbons (Fsp3) is 0.286. The lowest BCUT2D eigenvalue weighted by atomic mass is 10.1. The zero-order valence-corrected chi connectivity index (χ0v) is 24.5. The van der Waals surface area contributed by atoms with E-state index in [9.17, 15) is 37.1 Å². The van der Waals surface area contributed by atoms with Crippen molar-refractivity contribution in [2.75, 3.05) is 32.7 Å². The Balaban J connectivity index is 0.000000984. The van der Waals surface area contributed by atoms with E-state index in [-0.39, 0.29) is 43.3 Å². The molecular weight excluding hydrogens is 633 g/mol. The van der Waals surface area contributed by atoms with Crippen LogP contribution in [0.5, 0.6) is 0 Å². The summed E-state index contributed by atoms with van der Waals surface area (Å²) in [6.07, 6.45) is -5.07. The molecule has 1 aliphatic rings. The first-order valence-corrected chi connectivity index (χ1v) is 13.5. The number of carboxylic acids is 2. The van der Waals surface area contributed by atoms with Crippen LogP contribution in [0, 0.1) is 10.8 Å². The molecule has 2 aromatic rings. The van der Waals surface area contributed by atoms with Gasteiger partial charge in [0, 0.05) is 41.9 Å². The van der Waals surface area contributed by atoms with Crippen LogP contribution in [0.4, 0.5) is 13.2 Å². The largest absolute Gasteiger partial charge is 0.490 e. The van der Waals surface area contributed by atoms with Crippen molar-refractivity contribution < 1.29 is 52.2 Å². The Morgan fingerprint density at radius 3 is 1.64 bits per heavy atom. The van der Waals surface area contributed by atoms with Gasteiger partial charge in [0.1, 0.15) is 24.3 Å². The molecule has 1 fully saturated rings. The van der Waals surface area contributed by atoms with E-state index < -0.39 is 60.9 Å². The number of carbonyl (C=O) groups excluding carboxylic acids is 4. The van der Waals surface area contributed by atoms with E-state index in [1.165, 1.54) is 53.4 Å². The molecule has 0 aromatic heterocycles. The molecule has 1 aliphatic heterocycles. The standard InChI is InChI=1S/C26H30N8O6.C2HF3O2/c27-22(28)15-1-5-17(6-2-15)24(38)31-10-9-19-26(40)33(14-21(36)37)11-12-34(19)20(35)13-32-25(39)18-7-3-16(4-8-18)23(29)30;3-2(4,5)1(6)7/h1-8,19H,9-14H2,(H3,27,28)(H3,29,30)(H,31,38)(H,32,39)(H,36,37);(H,6,7)/t19-;/m0./s1. The Kier molecular flexibility index (Phi) is 12.9. The van der Waals surface area contributed by atoms with Gasteiger partial charge >= 0.3 is 18.1 Å². The van der Waals surface area contributed by atoms with E-state index in [0.29, 0.717) is 16.7 Å². The minimum Gasteiger partial charge on any atom is -0.480 e. The van der Waals surface area contributed by atoms with Gasteiger partial charge in [0.15, 0.2) is 0 Å². The van der Waals surface area contributed by atoms with Gasteiger partial charge in [0.2, 0.25) is 11.8 Å². The fourth-order valence-electron chi connectivity index (χ4n) is 4.12. The maximum Gasteiger partial charge on any atom is 0.490 e. The number of carboxylic acid groups (broad SMARTS) is 2. The highest BCUT2D eigenvalue weighted by Crippen LogP contribution is 2.16. The fourth-order valence-corrected chi connectivity index (χ4v) is 4.12. The molecule has 2 aromatic carbocycles. The lowest BCUT2D eigenvalue weighted by Crippen LogP contribution is -2.61. The maximum atomic E-state index is 13.1. The molecule has 0 aliphatic carbocycles. The normalized spacial score (nSPS) is 14.3. The van der Waals surface area contributed by atoms with Gasteiger partial charge in [-0.1, -0.05) is 24.3 Å². The summed E-state index contributed by atoms with van der Waals surface area (Å²) in [4.78, 5) is 73.7. The lowest BCUT2D eigenvalue weighted by Gasteiger charge is -2.40. The molecule has 1 heterocycles. The van der Waals surface area contributed by atoms with Crippen LogP contribution in [-0.4, -0.2) is 112 Å². The number of alkyl halides is 3. The van der Waals surface area contributed by atoms with Gasteiger partial charge in [-0.15, -0.1) is 0 Å². The third-order valence-electron chi connectivity index (χ3n) is 6.49. The molecule has 10 N–H and O–H groups in total. The molecule has 0 radical (unpaired) electrons. The summed E-state index contributed by atoms with van der Waals surface area (Å²) in [6, 6.07) is 10.9. The molecule has 19 heteroatoms. The molecule has 4 amide bonds. The van der Waals surface area contributed by atoms with Crippen LogP contribution < -0.4 is 22.1 Å². The average Bonchev–Trinajstić information content (AvgIpc) is 3.01. The summed E-state index contributed by atoms with van der Waals surface area (Å²) in [5, 5.41) is 36.3. The molecule has 16 nitrogen and oxygen atoms in total. The van der Waals surface area contributed by atoms with E-state index in [2.05, 4.69) is 10.6 Å². The quantitative estimate of drug-likeness (QED) is 0.113. The molecule has 0 spiro atoms. The molecule has 1 atom stereocenters. The second-order valence-corrected chi connectivity index (χ2v) is 9.77. The maximum absolute atomic E-state index is 13.1. The number of rotatable bonds is 11. The number of halogens is 3. The topological polar surface area (TPSA) is 273 Å². The van der Waals surface area contributed by atoms with E-state index in [1.807, 2.05) is 0 Å². The first-order valence-electron chi connectivity index (χ1n) is 13.5. The highest BCUT2D eigenvalue weighted by molar-refractivity contribution is 6.00. The van der Waals surface area contributed by atoms with Gasteiger partial charge in [0.05, 0.1) is 6.54 Å². The van der Waals surface area contributed by atoms with Crippen molar-refractivity contribution >= 4 is 47.2 Å². The monoisotopic (exact) mass is 664 g/mol. The smallest absolute Gasteiger partial charge is 0.480 e. The second kappa shape index (κ2) is 16.3. The highest BCUT2D eigenvalue weighted by atomic mass is 19.4. The van der Waals surface area contributed by atoms with Crippen molar-refractivity contribution in [2.45, 2.75) is 18.6 Å². The number of benzene rings is 2. The number of nitrogens with one attached hydrogen (secondary N) is 4. The number of piperazine rings is 1. The molecule has 1 saturated heterocycles. The molecule has 252 valence electrons. The molecule has 47 heavy (non-hydrogen) atoms. The molecule has 0 bridgehead atoms. The second-order valence-electron chi connectivity index (χ2n) is 9.77. The first kappa shape index (κ1) is 37.2. The van der Waals surface area contributed by atoms with Gasteiger partial charge in [0.25, 0.3) is 11.8 Å². The van der Waals surface area contributed by atoms with Crippen molar-refractivity contribution in [2.24, 2.45) is 11.5 Å². The molecular formula is C28H31F3N8O8. The van der Waals surface area contributed by atoms with Crippen molar-refractivity contribution in [1.82, 2.24) is 20.4 Å². The Bertz CT molecular complexity index is 1530. The SMILES string of the molecule is N=C(N)c1ccc(C(=O)NCC[C@H]2C(=O)N(CC(=O)O)CCN2C(=O)CNC(=O)c2ccc(C(=N)N)cc2)cc1.O=C(O)C(F)(F)F. The minimum atomic E-state index is -5.08. The number of nitrogens with two attached hydrogens (primary N) is 2. The summed E-state index contributed by atoms with van der Waals surface area (Å²) in [5.74, 6) is -6.35. The third kappa shape index (κ3) is 11.1. The van der Waals surface area contributed by atoms with Crippen molar-refractivity contribution in [3.8, 4) is 0 Å². The Morgan fingerprint density at radius 2 is 1.23 bits per heavy atom. The van der Waals surface area contributed by atoms with Crippen LogP contribution in [0.15, 0.2) is 48.5 Å². The van der Waals surface area contributed by atoms with Crippen LogP contribution in [0.2, 0.25) is 0 Å². The van der Waals surface area contributed by atoms with Gasteiger partial charge in [-0.05, 0) is 30.7 Å². The van der Waals surface area contributed by atoms with Gasteiger partial charge in [-0.3, -0.25) is 34.8 Å². The number of amidine groups is 2. The molecule has 3 rings (SSSR count). The Labute approximate surface area is 264 Å². The van der Waals surface area contributed by atoms with Crippen LogP contribution in [0.1, 0.15) is 38.3 Å². The zero-order valence-electron chi connectivity index (χ0n) is 24.5. The minimum absolute atomic E-state index is 0.00266. The number of amides is 4. The number of hydrogen-bond donors (Lipinski definition) is 8. The summed E-state index contributed by atoms with van der Waals surface area (Å²) < 4.78 is 31.7. The third-order valence-corrected chi connectivity index (χ3v) is 6.49. The Hall–Kier alpha value is -6.01. The van der Waals surface area contributed by atoms with Gasteiger partial charge in [-0.2, -0.15) is 13.2 Å². The van der Waals surface area contributed by atoms with Gasteiger partial charge < -0.3 is 42.1 Å². The first-order chi connectivity index (χ1) is 21.9. The van der Waals surface area contributed by atoms with E-state index in [4.69, 9.17) is 37.3 Å².